The van der Waals surface area contributed by atoms with Crippen molar-refractivity contribution in [1.82, 2.24) is 4.74 Å². The molecule has 18 heavy (non-hydrogen) atoms. The monoisotopic (exact) mass is 247 g/mol. The van der Waals surface area contributed by atoms with Crippen molar-refractivity contribution in [3.63, 3.8) is 0 Å². The second kappa shape index (κ2) is 4.52. The Hall–Kier alpha value is -2.30. The van der Waals surface area contributed by atoms with Crippen LogP contribution in [0, 0.1) is 13.8 Å². The summed E-state index contributed by atoms with van der Waals surface area (Å²) in [5.41, 5.74) is 1.36. The molecule has 0 aliphatic heterocycles. The molecule has 1 aromatic carbocycles. The summed E-state index contributed by atoms with van der Waals surface area (Å²) in [5, 5.41) is 9.07. The summed E-state index contributed by atoms with van der Waals surface area (Å²) in [4.78, 5) is 22.5. The molecular formula is C13H13NO4. The van der Waals surface area contributed by atoms with Crippen molar-refractivity contribution in [2.75, 3.05) is 0 Å². The number of hydrogen-bond acceptors (Lipinski definition) is 3. The molecule has 0 bridgehead atoms. The van der Waals surface area contributed by atoms with E-state index in [2.05, 4.69) is 0 Å². The molecule has 0 spiro atoms. The Kier molecular flexibility index (Phi) is 3.06. The maximum Gasteiger partial charge on any atom is 0.361 e. The molecule has 0 saturated carbocycles. The van der Waals surface area contributed by atoms with Gasteiger partial charge >= 0.3 is 11.6 Å². The number of carboxylic acid groups (broad SMARTS) is 1. The summed E-state index contributed by atoms with van der Waals surface area (Å²) in [6.07, 6.45) is 0. The zero-order valence-corrected chi connectivity index (χ0v) is 10.1. The van der Waals surface area contributed by atoms with Crippen molar-refractivity contribution in [2.24, 2.45) is 0 Å². The number of carboxylic acids is 1. The molecule has 0 aliphatic rings. The van der Waals surface area contributed by atoms with Crippen LogP contribution < -0.4 is 5.63 Å². The van der Waals surface area contributed by atoms with Crippen LogP contribution in [0.1, 0.15) is 27.2 Å². The summed E-state index contributed by atoms with van der Waals surface area (Å²) < 4.78 is 6.05. The maximum atomic E-state index is 11.4. The first-order chi connectivity index (χ1) is 8.49. The smallest absolute Gasteiger partial charge is 0.361 e. The molecule has 1 N–H and O–H groups in total. The highest BCUT2D eigenvalue weighted by molar-refractivity contribution is 5.87. The van der Waals surface area contributed by atoms with Crippen molar-refractivity contribution in [1.29, 1.82) is 0 Å². The van der Waals surface area contributed by atoms with E-state index in [-0.39, 0.29) is 17.8 Å². The van der Waals surface area contributed by atoms with Crippen molar-refractivity contribution in [2.45, 2.75) is 20.4 Å². The zero-order valence-electron chi connectivity index (χ0n) is 10.1. The first-order valence-corrected chi connectivity index (χ1v) is 5.48. The molecule has 0 saturated heterocycles. The molecule has 2 rings (SSSR count). The van der Waals surface area contributed by atoms with Gasteiger partial charge in [0.25, 0.3) is 0 Å². The molecule has 0 unspecified atom stereocenters. The fourth-order valence-corrected chi connectivity index (χ4v) is 1.85. The van der Waals surface area contributed by atoms with E-state index in [1.807, 2.05) is 31.2 Å². The van der Waals surface area contributed by atoms with Crippen LogP contribution in [0.2, 0.25) is 0 Å². The van der Waals surface area contributed by atoms with Crippen LogP contribution in [-0.4, -0.2) is 15.8 Å². The predicted octanol–water partition coefficient (Wildman–Crippen LogP) is 1.80. The SMILES string of the molecule is Cc1cccc(Cn2oc(=O)c(C)c2C(=O)O)c1. The molecule has 0 atom stereocenters. The Bertz CT molecular complexity index is 651. The van der Waals surface area contributed by atoms with Crippen molar-refractivity contribution < 1.29 is 14.4 Å². The lowest BCUT2D eigenvalue weighted by Crippen LogP contribution is -2.10. The molecule has 1 heterocycles. The van der Waals surface area contributed by atoms with E-state index in [1.54, 1.807) is 0 Å². The number of aromatic carboxylic acids is 1. The van der Waals surface area contributed by atoms with Crippen LogP contribution in [-0.2, 0) is 6.54 Å². The molecule has 5 heteroatoms. The third-order valence-electron chi connectivity index (χ3n) is 2.72. The molecule has 0 fully saturated rings. The topological polar surface area (TPSA) is 72.4 Å². The summed E-state index contributed by atoms with van der Waals surface area (Å²) in [6.45, 7) is 3.62. The fraction of sp³-hybridized carbons (Fsp3) is 0.231. The van der Waals surface area contributed by atoms with Crippen molar-refractivity contribution >= 4 is 5.97 Å². The minimum Gasteiger partial charge on any atom is -0.476 e. The normalized spacial score (nSPS) is 10.6. The number of rotatable bonds is 3. The summed E-state index contributed by atoms with van der Waals surface area (Å²) in [5.74, 6) is -1.16. The summed E-state index contributed by atoms with van der Waals surface area (Å²) >= 11 is 0. The van der Waals surface area contributed by atoms with Gasteiger partial charge in [-0.1, -0.05) is 29.8 Å². The van der Waals surface area contributed by atoms with Gasteiger partial charge in [0.05, 0.1) is 12.1 Å². The molecule has 5 nitrogen and oxygen atoms in total. The maximum absolute atomic E-state index is 11.4. The average molecular weight is 247 g/mol. The number of nitrogens with zero attached hydrogens (tertiary/aromatic N) is 1. The van der Waals surface area contributed by atoms with Gasteiger partial charge in [0.1, 0.15) is 0 Å². The van der Waals surface area contributed by atoms with E-state index in [9.17, 15) is 9.59 Å². The molecule has 0 amide bonds. The summed E-state index contributed by atoms with van der Waals surface area (Å²) in [7, 11) is 0. The fourth-order valence-electron chi connectivity index (χ4n) is 1.85. The van der Waals surface area contributed by atoms with E-state index < -0.39 is 11.6 Å². The molecule has 0 radical (unpaired) electrons. The van der Waals surface area contributed by atoms with Gasteiger partial charge in [-0.3, -0.25) is 0 Å². The van der Waals surface area contributed by atoms with Crippen LogP contribution in [0.5, 0.6) is 0 Å². The number of hydrogen-bond donors (Lipinski definition) is 1. The lowest BCUT2D eigenvalue weighted by Gasteiger charge is -2.04. The minimum atomic E-state index is -1.16. The molecular weight excluding hydrogens is 234 g/mol. The molecule has 2 aromatic rings. The first-order valence-electron chi connectivity index (χ1n) is 5.48. The van der Waals surface area contributed by atoms with Crippen LogP contribution in [0.15, 0.2) is 33.6 Å². The highest BCUT2D eigenvalue weighted by atomic mass is 16.5. The third kappa shape index (κ3) is 2.20. The van der Waals surface area contributed by atoms with Gasteiger partial charge in [0, 0.05) is 0 Å². The number of carbonyl (C=O) groups is 1. The number of benzene rings is 1. The molecule has 94 valence electrons. The van der Waals surface area contributed by atoms with Crippen LogP contribution >= 0.6 is 0 Å². The third-order valence-corrected chi connectivity index (χ3v) is 2.72. The quantitative estimate of drug-likeness (QED) is 0.897. The Morgan fingerprint density at radius 3 is 2.72 bits per heavy atom. The second-order valence-electron chi connectivity index (χ2n) is 4.18. The molecule has 1 aromatic heterocycles. The highest BCUT2D eigenvalue weighted by Gasteiger charge is 2.19. The van der Waals surface area contributed by atoms with Gasteiger partial charge in [0.2, 0.25) is 0 Å². The zero-order chi connectivity index (χ0) is 13.3. The van der Waals surface area contributed by atoms with Gasteiger partial charge in [0.15, 0.2) is 5.69 Å². The minimum absolute atomic E-state index is 0.0958. The van der Waals surface area contributed by atoms with Crippen LogP contribution in [0.4, 0.5) is 0 Å². The lowest BCUT2D eigenvalue weighted by molar-refractivity contribution is 0.0669. The Morgan fingerprint density at radius 2 is 2.11 bits per heavy atom. The average Bonchev–Trinajstić information content (AvgIpc) is 2.54. The van der Waals surface area contributed by atoms with E-state index in [0.717, 1.165) is 15.9 Å². The highest BCUT2D eigenvalue weighted by Crippen LogP contribution is 2.10. The lowest BCUT2D eigenvalue weighted by atomic mass is 10.1. The number of aromatic nitrogens is 1. The number of aryl methyl sites for hydroxylation is 1. The van der Waals surface area contributed by atoms with Gasteiger partial charge in [-0.05, 0) is 19.4 Å². The Morgan fingerprint density at radius 1 is 1.39 bits per heavy atom. The van der Waals surface area contributed by atoms with Crippen LogP contribution in [0.3, 0.4) is 0 Å². The van der Waals surface area contributed by atoms with Crippen LogP contribution in [0.25, 0.3) is 0 Å². The van der Waals surface area contributed by atoms with Crippen molar-refractivity contribution in [3.8, 4) is 0 Å². The van der Waals surface area contributed by atoms with Crippen molar-refractivity contribution in [3.05, 3.63) is 57.1 Å². The van der Waals surface area contributed by atoms with E-state index in [1.165, 1.54) is 6.92 Å². The summed E-state index contributed by atoms with van der Waals surface area (Å²) in [6, 6.07) is 7.59. The van der Waals surface area contributed by atoms with E-state index in [0.29, 0.717) is 0 Å². The standard InChI is InChI=1S/C13H13NO4/c1-8-4-3-5-10(6-8)7-14-11(12(15)16)9(2)13(17)18-14/h3-6H,7H2,1-2H3,(H,15,16). The largest absolute Gasteiger partial charge is 0.476 e. The first kappa shape index (κ1) is 12.2. The van der Waals surface area contributed by atoms with Gasteiger partial charge in [-0.25, -0.2) is 9.59 Å². The second-order valence-corrected chi connectivity index (χ2v) is 4.18. The van der Waals surface area contributed by atoms with E-state index >= 15 is 0 Å². The van der Waals surface area contributed by atoms with Gasteiger partial charge in [-0.15, -0.1) is 0 Å². The Labute approximate surface area is 103 Å². The molecule has 0 aliphatic carbocycles. The van der Waals surface area contributed by atoms with Gasteiger partial charge in [-0.2, -0.15) is 4.74 Å². The Balaban J connectivity index is 2.44. The predicted molar refractivity (Wildman–Crippen MR) is 64.9 cm³/mol. The van der Waals surface area contributed by atoms with Gasteiger partial charge < -0.3 is 9.63 Å². The van der Waals surface area contributed by atoms with E-state index in [4.69, 9.17) is 9.63 Å².